The number of hydrogen-bond donors (Lipinski definition) is 2. The van der Waals surface area contributed by atoms with E-state index in [9.17, 15) is 4.39 Å². The van der Waals surface area contributed by atoms with Crippen LogP contribution >= 0.6 is 0 Å². The maximum absolute atomic E-state index is 13.4. The number of rotatable bonds is 4. The van der Waals surface area contributed by atoms with Gasteiger partial charge in [-0.15, -0.1) is 0 Å². The maximum atomic E-state index is 13.4. The molecule has 1 atom stereocenters. The Morgan fingerprint density at radius 3 is 2.80 bits per heavy atom. The molecule has 0 bridgehead atoms. The molecule has 1 aliphatic heterocycles. The van der Waals surface area contributed by atoms with Gasteiger partial charge < -0.3 is 15.7 Å². The molecule has 1 aliphatic rings. The van der Waals surface area contributed by atoms with E-state index in [0.717, 1.165) is 50.4 Å². The molecule has 1 saturated heterocycles. The molecule has 112 valence electrons. The summed E-state index contributed by atoms with van der Waals surface area (Å²) in [4.78, 5) is 4.53. The molecule has 1 aromatic carbocycles. The first-order chi connectivity index (χ1) is 9.61. The molecule has 2 rings (SSSR count). The summed E-state index contributed by atoms with van der Waals surface area (Å²) < 4.78 is 13.4. The Balaban J connectivity index is 2.15. The number of nitrogens with zero attached hydrogens (tertiary/aromatic N) is 2. The Morgan fingerprint density at radius 1 is 1.30 bits per heavy atom. The lowest BCUT2D eigenvalue weighted by Crippen LogP contribution is -2.33. The minimum Gasteiger partial charge on any atom is -0.395 e. The van der Waals surface area contributed by atoms with E-state index in [2.05, 4.69) is 9.80 Å². The summed E-state index contributed by atoms with van der Waals surface area (Å²) in [5.41, 5.74) is 7.86. The Hall–Kier alpha value is -1.17. The van der Waals surface area contributed by atoms with Crippen LogP contribution in [-0.2, 0) is 0 Å². The highest BCUT2D eigenvalue weighted by atomic mass is 19.1. The molecule has 0 aromatic heterocycles. The molecule has 5 heteroatoms. The molecule has 0 aliphatic carbocycles. The van der Waals surface area contributed by atoms with E-state index < -0.39 is 0 Å². The normalized spacial score (nSPS) is 18.9. The zero-order chi connectivity index (χ0) is 14.5. The van der Waals surface area contributed by atoms with E-state index in [4.69, 9.17) is 10.8 Å². The minimum absolute atomic E-state index is 0.183. The van der Waals surface area contributed by atoms with E-state index in [-0.39, 0.29) is 18.5 Å². The minimum atomic E-state index is -0.238. The van der Waals surface area contributed by atoms with Gasteiger partial charge in [0.15, 0.2) is 0 Å². The zero-order valence-corrected chi connectivity index (χ0v) is 12.1. The van der Waals surface area contributed by atoms with Gasteiger partial charge in [-0.3, -0.25) is 4.90 Å². The van der Waals surface area contributed by atoms with Crippen molar-refractivity contribution in [3.05, 3.63) is 29.6 Å². The zero-order valence-electron chi connectivity index (χ0n) is 12.1. The molecule has 1 fully saturated rings. The summed E-state index contributed by atoms with van der Waals surface area (Å²) >= 11 is 0. The Labute approximate surface area is 120 Å². The SMILES string of the molecule is CC(N)c1cc(F)ccc1N1CCCN(CCO)CC1. The fourth-order valence-electron chi connectivity index (χ4n) is 2.75. The van der Waals surface area contributed by atoms with Crippen LogP contribution in [0.15, 0.2) is 18.2 Å². The summed E-state index contributed by atoms with van der Waals surface area (Å²) in [5.74, 6) is -0.238. The predicted molar refractivity (Wildman–Crippen MR) is 79.4 cm³/mol. The van der Waals surface area contributed by atoms with Gasteiger partial charge in [0.05, 0.1) is 6.61 Å². The predicted octanol–water partition coefficient (Wildman–Crippen LogP) is 1.35. The fraction of sp³-hybridized carbons (Fsp3) is 0.600. The average molecular weight is 281 g/mol. The second-order valence-corrected chi connectivity index (χ2v) is 5.40. The van der Waals surface area contributed by atoms with Crippen molar-refractivity contribution in [2.45, 2.75) is 19.4 Å². The highest BCUT2D eigenvalue weighted by Crippen LogP contribution is 2.27. The molecule has 0 radical (unpaired) electrons. The van der Waals surface area contributed by atoms with Crippen LogP contribution in [0.1, 0.15) is 24.9 Å². The largest absolute Gasteiger partial charge is 0.395 e. The van der Waals surface area contributed by atoms with Gasteiger partial charge in [0.2, 0.25) is 0 Å². The molecule has 1 heterocycles. The van der Waals surface area contributed by atoms with Crippen LogP contribution in [0, 0.1) is 5.82 Å². The van der Waals surface area contributed by atoms with Crippen LogP contribution in [-0.4, -0.2) is 49.3 Å². The number of nitrogens with two attached hydrogens (primary N) is 1. The molecule has 0 saturated carbocycles. The molecular formula is C15H24FN3O. The van der Waals surface area contributed by atoms with Gasteiger partial charge in [0.25, 0.3) is 0 Å². The summed E-state index contributed by atoms with van der Waals surface area (Å²) in [6.45, 7) is 6.52. The fourth-order valence-corrected chi connectivity index (χ4v) is 2.75. The summed E-state index contributed by atoms with van der Waals surface area (Å²) in [6, 6.07) is 4.68. The molecule has 1 aromatic rings. The first kappa shape index (κ1) is 15.2. The van der Waals surface area contributed by atoms with Crippen LogP contribution in [0.2, 0.25) is 0 Å². The Bertz CT molecular complexity index is 439. The molecular weight excluding hydrogens is 257 g/mol. The standard InChI is InChI=1S/C15H24FN3O/c1-12(17)14-11-13(16)3-4-15(14)19-6-2-5-18(7-8-19)9-10-20/h3-4,11-12,20H,2,5-10,17H2,1H3. The molecule has 0 spiro atoms. The van der Waals surface area contributed by atoms with Gasteiger partial charge in [0, 0.05) is 37.9 Å². The van der Waals surface area contributed by atoms with Crippen LogP contribution < -0.4 is 10.6 Å². The van der Waals surface area contributed by atoms with Crippen LogP contribution in [0.5, 0.6) is 0 Å². The molecule has 4 nitrogen and oxygen atoms in total. The second-order valence-electron chi connectivity index (χ2n) is 5.40. The van der Waals surface area contributed by atoms with E-state index in [1.807, 2.05) is 13.0 Å². The molecule has 1 unspecified atom stereocenters. The van der Waals surface area contributed by atoms with Crippen molar-refractivity contribution in [1.82, 2.24) is 4.90 Å². The third kappa shape index (κ3) is 3.69. The van der Waals surface area contributed by atoms with E-state index in [1.165, 1.54) is 12.1 Å². The van der Waals surface area contributed by atoms with Gasteiger partial charge in [0.1, 0.15) is 5.82 Å². The quantitative estimate of drug-likeness (QED) is 0.875. The number of aliphatic hydroxyl groups excluding tert-OH is 1. The van der Waals surface area contributed by atoms with Crippen molar-refractivity contribution >= 4 is 5.69 Å². The van der Waals surface area contributed by atoms with Gasteiger partial charge in [-0.05, 0) is 43.7 Å². The van der Waals surface area contributed by atoms with E-state index in [0.29, 0.717) is 0 Å². The summed E-state index contributed by atoms with van der Waals surface area (Å²) in [7, 11) is 0. The van der Waals surface area contributed by atoms with Gasteiger partial charge in [-0.25, -0.2) is 4.39 Å². The Morgan fingerprint density at radius 2 is 2.10 bits per heavy atom. The smallest absolute Gasteiger partial charge is 0.123 e. The van der Waals surface area contributed by atoms with E-state index >= 15 is 0 Å². The van der Waals surface area contributed by atoms with Crippen LogP contribution in [0.25, 0.3) is 0 Å². The third-order valence-electron chi connectivity index (χ3n) is 3.83. The first-order valence-corrected chi connectivity index (χ1v) is 7.25. The number of hydrogen-bond acceptors (Lipinski definition) is 4. The van der Waals surface area contributed by atoms with Gasteiger partial charge >= 0.3 is 0 Å². The van der Waals surface area contributed by atoms with Crippen LogP contribution in [0.4, 0.5) is 10.1 Å². The summed E-state index contributed by atoms with van der Waals surface area (Å²) in [6.07, 6.45) is 1.04. The highest BCUT2D eigenvalue weighted by molar-refractivity contribution is 5.55. The number of benzene rings is 1. The monoisotopic (exact) mass is 281 g/mol. The number of anilines is 1. The molecule has 3 N–H and O–H groups in total. The van der Waals surface area contributed by atoms with E-state index in [1.54, 1.807) is 0 Å². The topological polar surface area (TPSA) is 52.7 Å². The third-order valence-corrected chi connectivity index (χ3v) is 3.83. The lowest BCUT2D eigenvalue weighted by molar-refractivity contribution is 0.204. The van der Waals surface area contributed by atoms with Crippen molar-refractivity contribution in [3.63, 3.8) is 0 Å². The van der Waals surface area contributed by atoms with Gasteiger partial charge in [-0.1, -0.05) is 0 Å². The lowest BCUT2D eigenvalue weighted by Gasteiger charge is -2.27. The van der Waals surface area contributed by atoms with Crippen molar-refractivity contribution in [3.8, 4) is 0 Å². The number of halogens is 1. The number of β-amino-alcohol motifs (C(OH)–C–C–N with tert-alkyl or cyclic N) is 1. The van der Waals surface area contributed by atoms with Crippen molar-refractivity contribution in [2.24, 2.45) is 5.73 Å². The van der Waals surface area contributed by atoms with Crippen molar-refractivity contribution < 1.29 is 9.50 Å². The lowest BCUT2D eigenvalue weighted by atomic mass is 10.1. The molecule has 0 amide bonds. The molecule has 20 heavy (non-hydrogen) atoms. The maximum Gasteiger partial charge on any atom is 0.123 e. The van der Waals surface area contributed by atoms with Crippen molar-refractivity contribution in [1.29, 1.82) is 0 Å². The van der Waals surface area contributed by atoms with Gasteiger partial charge in [-0.2, -0.15) is 0 Å². The highest BCUT2D eigenvalue weighted by Gasteiger charge is 2.18. The number of aliphatic hydroxyl groups is 1. The first-order valence-electron chi connectivity index (χ1n) is 7.25. The Kier molecular flexibility index (Phi) is 5.34. The van der Waals surface area contributed by atoms with Crippen molar-refractivity contribution in [2.75, 3.05) is 44.2 Å². The van der Waals surface area contributed by atoms with Crippen LogP contribution in [0.3, 0.4) is 0 Å². The average Bonchev–Trinajstić information content (AvgIpc) is 2.65. The second kappa shape index (κ2) is 7.02. The summed E-state index contributed by atoms with van der Waals surface area (Å²) in [5, 5.41) is 9.03.